The summed E-state index contributed by atoms with van der Waals surface area (Å²) in [7, 11) is 0. The predicted molar refractivity (Wildman–Crippen MR) is 80.2 cm³/mol. The topological polar surface area (TPSA) is 58.1 Å². The Balaban J connectivity index is 0.00000147. The van der Waals surface area contributed by atoms with Crippen LogP contribution >= 0.6 is 12.4 Å². The van der Waals surface area contributed by atoms with Gasteiger partial charge in [0, 0.05) is 43.6 Å². The monoisotopic (exact) mass is 292 g/mol. The molecule has 6 heteroatoms. The lowest BCUT2D eigenvalue weighted by atomic mass is 10.1. The van der Waals surface area contributed by atoms with Crippen molar-refractivity contribution in [1.29, 1.82) is 0 Å². The molecular weight excluding hydrogens is 276 g/mol. The van der Waals surface area contributed by atoms with Crippen molar-refractivity contribution >= 4 is 29.3 Å². The van der Waals surface area contributed by atoms with Gasteiger partial charge in [-0.25, -0.2) is 0 Å². The van der Waals surface area contributed by atoms with Crippen molar-refractivity contribution in [3.05, 3.63) is 36.2 Å². The molecule has 1 N–H and O–H groups in total. The molecule has 1 aliphatic rings. The van der Waals surface area contributed by atoms with E-state index in [4.69, 9.17) is 0 Å². The standard InChI is InChI=1S/C14H16N4O.ClH/c1-10-9-18(7-6-15-10)14(19)11-2-3-12-13(8-11)17-5-4-16-12;/h2-5,8,10,15H,6-7,9H2,1H3;1H/t10-;/m0./s1. The second-order valence-electron chi connectivity index (χ2n) is 4.87. The SMILES string of the molecule is C[C@H]1CN(C(=O)c2ccc3nccnc3c2)CCN1.Cl. The van der Waals surface area contributed by atoms with E-state index in [0.717, 1.165) is 30.7 Å². The van der Waals surface area contributed by atoms with Crippen LogP contribution in [0.1, 0.15) is 17.3 Å². The van der Waals surface area contributed by atoms with Gasteiger partial charge in [-0.1, -0.05) is 0 Å². The quantitative estimate of drug-likeness (QED) is 0.865. The molecule has 0 radical (unpaired) electrons. The second-order valence-corrected chi connectivity index (χ2v) is 4.87. The highest BCUT2D eigenvalue weighted by molar-refractivity contribution is 5.97. The highest BCUT2D eigenvalue weighted by atomic mass is 35.5. The number of nitrogens with one attached hydrogen (secondary N) is 1. The molecule has 0 saturated carbocycles. The van der Waals surface area contributed by atoms with Crippen LogP contribution in [0.25, 0.3) is 11.0 Å². The molecule has 1 atom stereocenters. The number of benzene rings is 1. The summed E-state index contributed by atoms with van der Waals surface area (Å²) in [6.45, 7) is 4.44. The van der Waals surface area contributed by atoms with Crippen molar-refractivity contribution < 1.29 is 4.79 Å². The number of aromatic nitrogens is 2. The largest absolute Gasteiger partial charge is 0.336 e. The number of carbonyl (C=O) groups is 1. The molecule has 0 aliphatic carbocycles. The lowest BCUT2D eigenvalue weighted by Crippen LogP contribution is -2.51. The van der Waals surface area contributed by atoms with E-state index in [-0.39, 0.29) is 18.3 Å². The summed E-state index contributed by atoms with van der Waals surface area (Å²) in [4.78, 5) is 22.8. The Hall–Kier alpha value is -1.72. The lowest BCUT2D eigenvalue weighted by Gasteiger charge is -2.32. The Morgan fingerprint density at radius 2 is 2.05 bits per heavy atom. The van der Waals surface area contributed by atoms with Gasteiger partial charge in [-0.15, -0.1) is 12.4 Å². The van der Waals surface area contributed by atoms with Crippen LogP contribution in [0.5, 0.6) is 0 Å². The maximum absolute atomic E-state index is 12.4. The van der Waals surface area contributed by atoms with E-state index >= 15 is 0 Å². The Kier molecular flexibility index (Phi) is 4.52. The first-order valence-electron chi connectivity index (χ1n) is 6.47. The van der Waals surface area contributed by atoms with E-state index in [2.05, 4.69) is 22.2 Å². The van der Waals surface area contributed by atoms with Crippen LogP contribution in [0.3, 0.4) is 0 Å². The summed E-state index contributed by atoms with van der Waals surface area (Å²) in [5.74, 6) is 0.0703. The van der Waals surface area contributed by atoms with Gasteiger partial charge in [0.25, 0.3) is 5.91 Å². The van der Waals surface area contributed by atoms with Crippen LogP contribution in [-0.4, -0.2) is 46.5 Å². The molecule has 2 aromatic rings. The van der Waals surface area contributed by atoms with Crippen molar-refractivity contribution in [1.82, 2.24) is 20.2 Å². The van der Waals surface area contributed by atoms with Gasteiger partial charge in [0.05, 0.1) is 11.0 Å². The Labute approximate surface area is 123 Å². The molecule has 2 heterocycles. The molecule has 1 aliphatic heterocycles. The summed E-state index contributed by atoms with van der Waals surface area (Å²) >= 11 is 0. The molecule has 20 heavy (non-hydrogen) atoms. The normalized spacial score (nSPS) is 18.6. The predicted octanol–water partition coefficient (Wildman–Crippen LogP) is 1.49. The third-order valence-electron chi connectivity index (χ3n) is 3.37. The molecular formula is C14H17ClN4O. The fraction of sp³-hybridized carbons (Fsp3) is 0.357. The molecule has 5 nitrogen and oxygen atoms in total. The average molecular weight is 293 g/mol. The maximum Gasteiger partial charge on any atom is 0.254 e. The van der Waals surface area contributed by atoms with E-state index in [1.165, 1.54) is 0 Å². The molecule has 1 saturated heterocycles. The van der Waals surface area contributed by atoms with Crippen LogP contribution in [0.15, 0.2) is 30.6 Å². The number of piperazine rings is 1. The molecule has 0 spiro atoms. The summed E-state index contributed by atoms with van der Waals surface area (Å²) in [5.41, 5.74) is 2.26. The highest BCUT2D eigenvalue weighted by Crippen LogP contribution is 2.14. The summed E-state index contributed by atoms with van der Waals surface area (Å²) in [6.07, 6.45) is 3.30. The minimum atomic E-state index is 0. The number of fused-ring (bicyclic) bond motifs is 1. The van der Waals surface area contributed by atoms with Crippen LogP contribution in [0, 0.1) is 0 Å². The van der Waals surface area contributed by atoms with Gasteiger partial charge in [-0.2, -0.15) is 0 Å². The number of amides is 1. The van der Waals surface area contributed by atoms with Crippen molar-refractivity contribution in [2.45, 2.75) is 13.0 Å². The molecule has 106 valence electrons. The van der Waals surface area contributed by atoms with Gasteiger partial charge >= 0.3 is 0 Å². The average Bonchev–Trinajstić information content (AvgIpc) is 2.46. The van der Waals surface area contributed by atoms with E-state index in [1.54, 1.807) is 12.4 Å². The van der Waals surface area contributed by atoms with Gasteiger partial charge in [0.1, 0.15) is 0 Å². The number of halogens is 1. The van der Waals surface area contributed by atoms with Gasteiger partial charge < -0.3 is 10.2 Å². The molecule has 1 amide bonds. The van der Waals surface area contributed by atoms with Gasteiger partial charge in [0.15, 0.2) is 0 Å². The third kappa shape index (κ3) is 2.89. The van der Waals surface area contributed by atoms with E-state index in [9.17, 15) is 4.79 Å². The molecule has 3 rings (SSSR count). The Morgan fingerprint density at radius 1 is 1.30 bits per heavy atom. The zero-order valence-corrected chi connectivity index (χ0v) is 12.1. The van der Waals surface area contributed by atoms with Crippen molar-refractivity contribution in [3.8, 4) is 0 Å². The smallest absolute Gasteiger partial charge is 0.254 e. The van der Waals surface area contributed by atoms with Gasteiger partial charge in [-0.3, -0.25) is 14.8 Å². The number of carbonyl (C=O) groups excluding carboxylic acids is 1. The molecule has 1 aromatic carbocycles. The van der Waals surface area contributed by atoms with Crippen molar-refractivity contribution in [3.63, 3.8) is 0 Å². The minimum absolute atomic E-state index is 0. The summed E-state index contributed by atoms with van der Waals surface area (Å²) < 4.78 is 0. The van der Waals surface area contributed by atoms with Crippen molar-refractivity contribution in [2.24, 2.45) is 0 Å². The first-order chi connectivity index (χ1) is 9.24. The summed E-state index contributed by atoms with van der Waals surface area (Å²) in [5, 5.41) is 3.33. The van der Waals surface area contributed by atoms with E-state index in [0.29, 0.717) is 11.6 Å². The molecule has 0 unspecified atom stereocenters. The zero-order chi connectivity index (χ0) is 13.2. The first-order valence-corrected chi connectivity index (χ1v) is 6.47. The number of hydrogen-bond acceptors (Lipinski definition) is 4. The van der Waals surface area contributed by atoms with E-state index < -0.39 is 0 Å². The minimum Gasteiger partial charge on any atom is -0.336 e. The molecule has 1 fully saturated rings. The third-order valence-corrected chi connectivity index (χ3v) is 3.37. The fourth-order valence-electron chi connectivity index (χ4n) is 2.40. The van der Waals surface area contributed by atoms with Crippen LogP contribution < -0.4 is 5.32 Å². The Morgan fingerprint density at radius 3 is 2.80 bits per heavy atom. The molecule has 0 bridgehead atoms. The molecule has 1 aromatic heterocycles. The lowest BCUT2D eigenvalue weighted by molar-refractivity contribution is 0.0709. The van der Waals surface area contributed by atoms with Crippen LogP contribution in [0.4, 0.5) is 0 Å². The van der Waals surface area contributed by atoms with Crippen molar-refractivity contribution in [2.75, 3.05) is 19.6 Å². The summed E-state index contributed by atoms with van der Waals surface area (Å²) in [6, 6.07) is 5.84. The number of rotatable bonds is 1. The zero-order valence-electron chi connectivity index (χ0n) is 11.2. The van der Waals surface area contributed by atoms with Gasteiger partial charge in [-0.05, 0) is 25.1 Å². The maximum atomic E-state index is 12.4. The first kappa shape index (κ1) is 14.7. The van der Waals surface area contributed by atoms with E-state index in [1.807, 2.05) is 23.1 Å². The van der Waals surface area contributed by atoms with Crippen LogP contribution in [-0.2, 0) is 0 Å². The number of hydrogen-bond donors (Lipinski definition) is 1. The fourth-order valence-corrected chi connectivity index (χ4v) is 2.40. The van der Waals surface area contributed by atoms with Crippen LogP contribution in [0.2, 0.25) is 0 Å². The number of nitrogens with zero attached hydrogens (tertiary/aromatic N) is 3. The highest BCUT2D eigenvalue weighted by Gasteiger charge is 2.21. The Bertz CT molecular complexity index is 619. The van der Waals surface area contributed by atoms with Gasteiger partial charge in [0.2, 0.25) is 0 Å². The second kappa shape index (κ2) is 6.15.